The molecule has 11 heteroatoms. The molecule has 0 aliphatic heterocycles. The zero-order valence-corrected chi connectivity index (χ0v) is 23.3. The summed E-state index contributed by atoms with van der Waals surface area (Å²) in [7, 11) is 0. The Labute approximate surface area is 236 Å². The summed E-state index contributed by atoms with van der Waals surface area (Å²) in [6.07, 6.45) is 8.02. The molecule has 3 rings (SSSR count). The zero-order valence-electron chi connectivity index (χ0n) is 23.3. The normalized spacial score (nSPS) is 16.3. The van der Waals surface area contributed by atoms with Crippen molar-refractivity contribution in [2.75, 3.05) is 52.8 Å². The van der Waals surface area contributed by atoms with Gasteiger partial charge in [0.25, 0.3) is 0 Å². The Balaban J connectivity index is 1.07. The van der Waals surface area contributed by atoms with Gasteiger partial charge in [-0.25, -0.2) is 19.6 Å². The van der Waals surface area contributed by atoms with Crippen LogP contribution in [0.5, 0.6) is 5.75 Å². The van der Waals surface area contributed by atoms with Gasteiger partial charge < -0.3 is 34.3 Å². The lowest BCUT2D eigenvalue weighted by atomic mass is 10.1. The van der Waals surface area contributed by atoms with E-state index in [1.54, 1.807) is 12.5 Å². The molecule has 1 aromatic heterocycles. The Morgan fingerprint density at radius 2 is 1.60 bits per heavy atom. The van der Waals surface area contributed by atoms with Gasteiger partial charge in [-0.1, -0.05) is 19.1 Å². The molecular formula is C29H42N4O7. The molecule has 0 spiro atoms. The molecular weight excluding hydrogens is 516 g/mol. The lowest BCUT2D eigenvalue weighted by Crippen LogP contribution is -2.34. The molecule has 2 N–H and O–H groups in total. The molecule has 0 radical (unpaired) electrons. The van der Waals surface area contributed by atoms with Gasteiger partial charge in [0.1, 0.15) is 25.3 Å². The topological polar surface area (TPSA) is 130 Å². The highest BCUT2D eigenvalue weighted by molar-refractivity contribution is 5.67. The Morgan fingerprint density at radius 3 is 2.27 bits per heavy atom. The molecule has 2 unspecified atom stereocenters. The third-order valence-electron chi connectivity index (χ3n) is 6.41. The molecule has 1 aliphatic rings. The highest BCUT2D eigenvalue weighted by Crippen LogP contribution is 2.24. The molecule has 220 valence electrons. The maximum absolute atomic E-state index is 11.8. The molecule has 40 heavy (non-hydrogen) atoms. The van der Waals surface area contributed by atoms with E-state index in [0.29, 0.717) is 45.3 Å². The van der Waals surface area contributed by atoms with E-state index in [1.165, 1.54) is 5.56 Å². The van der Waals surface area contributed by atoms with Crippen molar-refractivity contribution < 1.29 is 33.3 Å². The highest BCUT2D eigenvalue weighted by atomic mass is 16.6. The summed E-state index contributed by atoms with van der Waals surface area (Å²) < 4.78 is 26.7. The van der Waals surface area contributed by atoms with Gasteiger partial charge in [0.05, 0.1) is 33.0 Å². The van der Waals surface area contributed by atoms with Gasteiger partial charge in [-0.2, -0.15) is 0 Å². The quantitative estimate of drug-likeness (QED) is 0.263. The number of amides is 2. The van der Waals surface area contributed by atoms with Crippen LogP contribution >= 0.6 is 0 Å². The van der Waals surface area contributed by atoms with Crippen molar-refractivity contribution in [3.05, 3.63) is 54.1 Å². The maximum Gasteiger partial charge on any atom is 0.407 e. The summed E-state index contributed by atoms with van der Waals surface area (Å²) in [6.45, 7) is 4.76. The van der Waals surface area contributed by atoms with Gasteiger partial charge in [0.2, 0.25) is 0 Å². The molecule has 1 fully saturated rings. The molecule has 1 heterocycles. The predicted molar refractivity (Wildman–Crippen MR) is 148 cm³/mol. The monoisotopic (exact) mass is 558 g/mol. The van der Waals surface area contributed by atoms with Crippen LogP contribution in [0.3, 0.4) is 0 Å². The fourth-order valence-corrected chi connectivity index (χ4v) is 4.25. The van der Waals surface area contributed by atoms with Crippen LogP contribution in [0.4, 0.5) is 9.59 Å². The number of benzene rings is 1. The maximum atomic E-state index is 11.8. The average Bonchev–Trinajstić information content (AvgIpc) is 3.38. The zero-order chi connectivity index (χ0) is 28.3. The van der Waals surface area contributed by atoms with Gasteiger partial charge in [-0.3, -0.25) is 0 Å². The van der Waals surface area contributed by atoms with E-state index in [0.717, 1.165) is 43.5 Å². The van der Waals surface area contributed by atoms with E-state index in [-0.39, 0.29) is 25.9 Å². The van der Waals surface area contributed by atoms with Crippen molar-refractivity contribution in [2.45, 2.75) is 51.5 Å². The number of alkyl carbamates (subject to hydrolysis) is 2. The van der Waals surface area contributed by atoms with Crippen LogP contribution in [0.15, 0.2) is 42.9 Å². The fourth-order valence-electron chi connectivity index (χ4n) is 4.25. The van der Waals surface area contributed by atoms with E-state index in [1.807, 2.05) is 30.3 Å². The summed E-state index contributed by atoms with van der Waals surface area (Å²) in [6, 6.07) is 10.1. The number of hydrogen-bond donors (Lipinski definition) is 2. The third-order valence-corrected chi connectivity index (χ3v) is 6.41. The van der Waals surface area contributed by atoms with Crippen molar-refractivity contribution in [1.82, 2.24) is 20.6 Å². The van der Waals surface area contributed by atoms with Crippen molar-refractivity contribution in [3.63, 3.8) is 0 Å². The molecule has 2 atom stereocenters. The number of nitrogens with one attached hydrogen (secondary N) is 2. The lowest BCUT2D eigenvalue weighted by Gasteiger charge is -2.12. The number of carbonyl (C=O) groups excluding carboxylic acids is 2. The van der Waals surface area contributed by atoms with E-state index < -0.39 is 12.2 Å². The lowest BCUT2D eigenvalue weighted by molar-refractivity contribution is 0.0153. The van der Waals surface area contributed by atoms with Crippen LogP contribution in [-0.4, -0.2) is 81.0 Å². The number of aromatic nitrogens is 2. The molecule has 1 aliphatic carbocycles. The summed E-state index contributed by atoms with van der Waals surface area (Å²) in [5, 5.41) is 5.57. The number of nitrogens with zero attached hydrogens (tertiary/aromatic N) is 2. The first-order valence-electron chi connectivity index (χ1n) is 14.0. The number of carbonyl (C=O) groups is 2. The number of aryl methyl sites for hydroxylation is 2. The molecule has 11 nitrogen and oxygen atoms in total. The minimum atomic E-state index is -0.490. The van der Waals surface area contributed by atoms with Crippen LogP contribution in [0.2, 0.25) is 0 Å². The van der Waals surface area contributed by atoms with Crippen molar-refractivity contribution in [2.24, 2.45) is 5.92 Å². The Bertz CT molecular complexity index is 978. The first kappa shape index (κ1) is 31.1. The largest absolute Gasteiger partial charge is 0.494 e. The molecule has 0 saturated heterocycles. The van der Waals surface area contributed by atoms with Crippen LogP contribution in [0, 0.1) is 5.92 Å². The van der Waals surface area contributed by atoms with Crippen molar-refractivity contribution in [3.8, 4) is 5.75 Å². The third kappa shape index (κ3) is 13.6. The van der Waals surface area contributed by atoms with Crippen molar-refractivity contribution >= 4 is 12.2 Å². The molecule has 2 amide bonds. The van der Waals surface area contributed by atoms with Gasteiger partial charge in [-0.05, 0) is 68.2 Å². The van der Waals surface area contributed by atoms with E-state index in [4.69, 9.17) is 23.7 Å². The van der Waals surface area contributed by atoms with Crippen LogP contribution in [0.1, 0.15) is 43.9 Å². The predicted octanol–water partition coefficient (Wildman–Crippen LogP) is 3.70. The first-order chi connectivity index (χ1) is 19.6. The Kier molecular flexibility index (Phi) is 14.6. The summed E-state index contributed by atoms with van der Waals surface area (Å²) >= 11 is 0. The molecule has 1 aromatic carbocycles. The SMILES string of the molecule is CC1CCC(NC(=O)OCCOCCOCCOC(=O)NCCCOc2ccc(CCc3ccncn3)cc2)C1. The second-order valence-electron chi connectivity index (χ2n) is 9.73. The Morgan fingerprint density at radius 1 is 0.875 bits per heavy atom. The fraction of sp³-hybridized carbons (Fsp3) is 0.586. The standard InChI is InChI=1S/C29H42N4O7/c1-23-3-7-26(21-23)33-29(35)40-20-18-37-16-15-36-17-19-39-28(34)31-12-2-14-38-27-9-5-24(6-10-27)4-8-25-11-13-30-22-32-25/h5-6,9-11,13,22-23,26H,2-4,7-8,12,14-21H2,1H3,(H,31,34)(H,33,35). The van der Waals surface area contributed by atoms with Crippen LogP contribution < -0.4 is 15.4 Å². The number of ether oxygens (including phenoxy) is 5. The van der Waals surface area contributed by atoms with Crippen LogP contribution in [0.25, 0.3) is 0 Å². The van der Waals surface area contributed by atoms with Crippen LogP contribution in [-0.2, 0) is 31.8 Å². The van der Waals surface area contributed by atoms with Crippen molar-refractivity contribution in [1.29, 1.82) is 0 Å². The minimum absolute atomic E-state index is 0.148. The summed E-state index contributed by atoms with van der Waals surface area (Å²) in [4.78, 5) is 31.6. The van der Waals surface area contributed by atoms with Gasteiger partial charge in [0.15, 0.2) is 0 Å². The van der Waals surface area contributed by atoms with E-state index in [2.05, 4.69) is 27.5 Å². The highest BCUT2D eigenvalue weighted by Gasteiger charge is 2.23. The second-order valence-corrected chi connectivity index (χ2v) is 9.73. The average molecular weight is 559 g/mol. The van der Waals surface area contributed by atoms with Gasteiger partial charge >= 0.3 is 12.2 Å². The number of hydrogen-bond acceptors (Lipinski definition) is 9. The van der Waals surface area contributed by atoms with E-state index in [9.17, 15) is 9.59 Å². The molecule has 1 saturated carbocycles. The minimum Gasteiger partial charge on any atom is -0.494 e. The van der Waals surface area contributed by atoms with Gasteiger partial charge in [0, 0.05) is 24.5 Å². The summed E-state index contributed by atoms with van der Waals surface area (Å²) in [5.41, 5.74) is 2.24. The smallest absolute Gasteiger partial charge is 0.407 e. The first-order valence-corrected chi connectivity index (χ1v) is 14.0. The number of rotatable bonds is 18. The second kappa shape index (κ2) is 18.8. The van der Waals surface area contributed by atoms with Gasteiger partial charge in [-0.15, -0.1) is 0 Å². The molecule has 2 aromatic rings. The Hall–Kier alpha value is -3.44. The van der Waals surface area contributed by atoms with E-state index >= 15 is 0 Å². The molecule has 0 bridgehead atoms. The summed E-state index contributed by atoms with van der Waals surface area (Å²) in [5.74, 6) is 1.45.